The molecule has 1 aromatic carbocycles. The van der Waals surface area contributed by atoms with Crippen molar-refractivity contribution in [1.82, 2.24) is 0 Å². The summed E-state index contributed by atoms with van der Waals surface area (Å²) < 4.78 is 12.9. The molecule has 0 saturated heterocycles. The second kappa shape index (κ2) is 3.71. The molecule has 0 aliphatic rings. The molecule has 0 bridgehead atoms. The van der Waals surface area contributed by atoms with E-state index in [1.165, 1.54) is 10.9 Å². The van der Waals surface area contributed by atoms with E-state index < -0.39 is 0 Å². The summed E-state index contributed by atoms with van der Waals surface area (Å²) in [6.45, 7) is 2.04. The maximum absolute atomic E-state index is 12.9. The van der Waals surface area contributed by atoms with Gasteiger partial charge in [-0.1, -0.05) is 17.7 Å². The second-order valence-electron chi connectivity index (χ2n) is 3.07. The molecule has 2 rings (SSSR count). The van der Waals surface area contributed by atoms with Crippen molar-refractivity contribution in [2.75, 3.05) is 0 Å². The third-order valence-corrected chi connectivity index (χ3v) is 3.13. The van der Waals surface area contributed by atoms with Crippen LogP contribution >= 0.6 is 22.9 Å². The van der Waals surface area contributed by atoms with Crippen LogP contribution in [0.15, 0.2) is 29.6 Å². The largest absolute Gasteiger partial charge is 0.205 e. The van der Waals surface area contributed by atoms with E-state index in [1.54, 1.807) is 23.5 Å². The Morgan fingerprint density at radius 1 is 1.21 bits per heavy atom. The molecule has 2 aromatic rings. The molecule has 1 heterocycles. The molecule has 0 fully saturated rings. The molecule has 0 saturated carbocycles. The highest BCUT2D eigenvalue weighted by Crippen LogP contribution is 2.28. The first-order chi connectivity index (χ1) is 6.66. The van der Waals surface area contributed by atoms with Crippen molar-refractivity contribution in [3.8, 4) is 11.1 Å². The van der Waals surface area contributed by atoms with Crippen LogP contribution in [0.5, 0.6) is 0 Å². The molecule has 0 radical (unpaired) electrons. The average molecular weight is 227 g/mol. The summed E-state index contributed by atoms with van der Waals surface area (Å²) in [6, 6.07) is 6.85. The number of hydrogen-bond donors (Lipinski definition) is 0. The minimum absolute atomic E-state index is 0.173. The molecule has 72 valence electrons. The molecule has 0 N–H and O–H groups in total. The summed E-state index contributed by atoms with van der Waals surface area (Å²) in [4.78, 5) is 1.24. The first-order valence-electron chi connectivity index (χ1n) is 4.17. The number of aryl methyl sites for hydroxylation is 1. The number of thiophene rings is 1. The van der Waals surface area contributed by atoms with Gasteiger partial charge in [0.1, 0.15) is 5.82 Å². The van der Waals surface area contributed by atoms with Gasteiger partial charge in [0.15, 0.2) is 0 Å². The van der Waals surface area contributed by atoms with E-state index in [9.17, 15) is 4.39 Å². The molecule has 0 amide bonds. The highest BCUT2D eigenvalue weighted by atomic mass is 35.5. The fourth-order valence-electron chi connectivity index (χ4n) is 1.27. The fourth-order valence-corrected chi connectivity index (χ4v) is 2.16. The number of benzene rings is 1. The van der Waals surface area contributed by atoms with Gasteiger partial charge in [-0.15, -0.1) is 11.3 Å². The normalized spacial score (nSPS) is 10.5. The Hall–Kier alpha value is -0.860. The van der Waals surface area contributed by atoms with E-state index in [4.69, 9.17) is 11.6 Å². The zero-order chi connectivity index (χ0) is 10.1. The third-order valence-electron chi connectivity index (χ3n) is 1.98. The maximum atomic E-state index is 12.9. The van der Waals surface area contributed by atoms with Gasteiger partial charge in [0.05, 0.1) is 5.02 Å². The molecule has 0 aliphatic carbocycles. The average Bonchev–Trinajstić information content (AvgIpc) is 2.57. The highest BCUT2D eigenvalue weighted by Gasteiger charge is 2.03. The Morgan fingerprint density at radius 2 is 2.00 bits per heavy atom. The standard InChI is InChI=1S/C11H8ClFS/c1-7-4-9(6-14-7)8-2-3-11(13)10(12)5-8/h2-6H,1H3. The second-order valence-corrected chi connectivity index (χ2v) is 4.60. The van der Waals surface area contributed by atoms with Gasteiger partial charge in [0, 0.05) is 4.88 Å². The predicted octanol–water partition coefficient (Wildman–Crippen LogP) is 4.52. The summed E-state index contributed by atoms with van der Waals surface area (Å²) in [5, 5.41) is 2.21. The van der Waals surface area contributed by atoms with Crippen molar-refractivity contribution in [3.63, 3.8) is 0 Å². The maximum Gasteiger partial charge on any atom is 0.141 e. The summed E-state index contributed by atoms with van der Waals surface area (Å²) >= 11 is 7.37. The Bertz CT molecular complexity index is 462. The van der Waals surface area contributed by atoms with Crippen molar-refractivity contribution in [2.45, 2.75) is 6.92 Å². The quantitative estimate of drug-likeness (QED) is 0.671. The van der Waals surface area contributed by atoms with Gasteiger partial charge in [-0.2, -0.15) is 0 Å². The van der Waals surface area contributed by atoms with Crippen LogP contribution in [0.2, 0.25) is 5.02 Å². The van der Waals surface area contributed by atoms with Gasteiger partial charge in [0.2, 0.25) is 0 Å². The zero-order valence-corrected chi connectivity index (χ0v) is 9.12. The van der Waals surface area contributed by atoms with E-state index in [1.807, 2.05) is 12.3 Å². The fraction of sp³-hybridized carbons (Fsp3) is 0.0909. The smallest absolute Gasteiger partial charge is 0.141 e. The SMILES string of the molecule is Cc1cc(-c2ccc(F)c(Cl)c2)cs1. The van der Waals surface area contributed by atoms with Crippen LogP contribution in [0.1, 0.15) is 4.88 Å². The predicted molar refractivity (Wildman–Crippen MR) is 59.5 cm³/mol. The van der Waals surface area contributed by atoms with E-state index >= 15 is 0 Å². The molecule has 14 heavy (non-hydrogen) atoms. The summed E-state index contributed by atoms with van der Waals surface area (Å²) in [7, 11) is 0. The summed E-state index contributed by atoms with van der Waals surface area (Å²) in [6.07, 6.45) is 0. The van der Waals surface area contributed by atoms with Crippen LogP contribution < -0.4 is 0 Å². The minimum Gasteiger partial charge on any atom is -0.205 e. The van der Waals surface area contributed by atoms with Gasteiger partial charge < -0.3 is 0 Å². The third kappa shape index (κ3) is 1.81. The van der Waals surface area contributed by atoms with Gasteiger partial charge in [0.25, 0.3) is 0 Å². The van der Waals surface area contributed by atoms with Crippen molar-refractivity contribution in [3.05, 3.63) is 45.4 Å². The van der Waals surface area contributed by atoms with Crippen LogP contribution in [-0.2, 0) is 0 Å². The van der Waals surface area contributed by atoms with Crippen LogP contribution in [0.3, 0.4) is 0 Å². The van der Waals surface area contributed by atoms with Crippen molar-refractivity contribution in [2.24, 2.45) is 0 Å². The summed E-state index contributed by atoms with van der Waals surface area (Å²) in [5.41, 5.74) is 2.05. The lowest BCUT2D eigenvalue weighted by Gasteiger charge is -1.99. The van der Waals surface area contributed by atoms with Gasteiger partial charge >= 0.3 is 0 Å². The zero-order valence-electron chi connectivity index (χ0n) is 7.55. The van der Waals surface area contributed by atoms with Gasteiger partial charge in [-0.3, -0.25) is 0 Å². The molecular weight excluding hydrogens is 219 g/mol. The van der Waals surface area contributed by atoms with Crippen molar-refractivity contribution in [1.29, 1.82) is 0 Å². The van der Waals surface area contributed by atoms with E-state index in [0.717, 1.165) is 11.1 Å². The molecule has 3 heteroatoms. The van der Waals surface area contributed by atoms with Gasteiger partial charge in [-0.05, 0) is 41.6 Å². The monoisotopic (exact) mass is 226 g/mol. The number of halogens is 2. The van der Waals surface area contributed by atoms with Crippen LogP contribution in [0, 0.1) is 12.7 Å². The van der Waals surface area contributed by atoms with E-state index in [-0.39, 0.29) is 10.8 Å². The Kier molecular flexibility index (Phi) is 2.57. The minimum atomic E-state index is -0.373. The van der Waals surface area contributed by atoms with Crippen LogP contribution in [-0.4, -0.2) is 0 Å². The van der Waals surface area contributed by atoms with Crippen LogP contribution in [0.25, 0.3) is 11.1 Å². The molecule has 0 nitrogen and oxygen atoms in total. The first-order valence-corrected chi connectivity index (χ1v) is 5.43. The number of rotatable bonds is 1. The molecule has 0 spiro atoms. The van der Waals surface area contributed by atoms with E-state index in [2.05, 4.69) is 6.07 Å². The van der Waals surface area contributed by atoms with Gasteiger partial charge in [-0.25, -0.2) is 4.39 Å². The lowest BCUT2D eigenvalue weighted by atomic mass is 10.1. The van der Waals surface area contributed by atoms with E-state index in [0.29, 0.717) is 0 Å². The first kappa shape index (κ1) is 9.69. The summed E-state index contributed by atoms with van der Waals surface area (Å²) in [5.74, 6) is -0.373. The van der Waals surface area contributed by atoms with Crippen molar-refractivity contribution < 1.29 is 4.39 Å². The molecule has 0 aliphatic heterocycles. The lowest BCUT2D eigenvalue weighted by molar-refractivity contribution is 0.628. The molecule has 1 aromatic heterocycles. The number of hydrogen-bond acceptors (Lipinski definition) is 1. The lowest BCUT2D eigenvalue weighted by Crippen LogP contribution is -1.78. The van der Waals surface area contributed by atoms with Crippen molar-refractivity contribution >= 4 is 22.9 Å². The Labute approximate surface area is 91.0 Å². The Morgan fingerprint density at radius 3 is 2.57 bits per heavy atom. The highest BCUT2D eigenvalue weighted by molar-refractivity contribution is 7.10. The topological polar surface area (TPSA) is 0 Å². The van der Waals surface area contributed by atoms with Crippen LogP contribution in [0.4, 0.5) is 4.39 Å². The molecular formula is C11H8ClFS. The Balaban J connectivity index is 2.47. The molecule has 0 atom stereocenters. The molecule has 0 unspecified atom stereocenters.